The smallest absolute Gasteiger partial charge is 0.239 e. The predicted molar refractivity (Wildman–Crippen MR) is 75.8 cm³/mol. The number of nitrogens with zero attached hydrogens (tertiary/aromatic N) is 1. The Balaban J connectivity index is 1.76. The van der Waals surface area contributed by atoms with Crippen LogP contribution in [0.3, 0.4) is 0 Å². The van der Waals surface area contributed by atoms with Crippen molar-refractivity contribution >= 4 is 11.6 Å². The van der Waals surface area contributed by atoms with E-state index in [4.69, 9.17) is 0 Å². The average Bonchev–Trinajstić information content (AvgIpc) is 2.44. The number of hydrogen-bond acceptors (Lipinski definition) is 3. The second kappa shape index (κ2) is 6.54. The molecule has 19 heavy (non-hydrogen) atoms. The highest BCUT2D eigenvalue weighted by molar-refractivity contribution is 5.80. The molecule has 0 aliphatic rings. The highest BCUT2D eigenvalue weighted by Gasteiger charge is 2.01. The highest BCUT2D eigenvalue weighted by atomic mass is 16.1. The van der Waals surface area contributed by atoms with E-state index < -0.39 is 0 Å². The maximum Gasteiger partial charge on any atom is 0.239 e. The molecular formula is C15H17N3O. The molecule has 1 aromatic carbocycles. The van der Waals surface area contributed by atoms with E-state index in [2.05, 4.69) is 15.6 Å². The molecule has 0 fully saturated rings. The molecule has 2 N–H and O–H groups in total. The van der Waals surface area contributed by atoms with Crippen LogP contribution in [0.4, 0.5) is 5.69 Å². The number of aryl methyl sites for hydroxylation is 1. The van der Waals surface area contributed by atoms with Crippen LogP contribution in [0.5, 0.6) is 0 Å². The molecule has 2 aromatic rings. The predicted octanol–water partition coefficient (Wildman–Crippen LogP) is 2.12. The molecule has 4 heteroatoms. The molecule has 0 spiro atoms. The van der Waals surface area contributed by atoms with Crippen molar-refractivity contribution < 1.29 is 4.79 Å². The van der Waals surface area contributed by atoms with E-state index in [1.807, 2.05) is 49.4 Å². The van der Waals surface area contributed by atoms with Crippen LogP contribution in [-0.4, -0.2) is 17.4 Å². The zero-order valence-corrected chi connectivity index (χ0v) is 10.9. The average molecular weight is 255 g/mol. The topological polar surface area (TPSA) is 54.0 Å². The quantitative estimate of drug-likeness (QED) is 0.860. The zero-order chi connectivity index (χ0) is 13.5. The summed E-state index contributed by atoms with van der Waals surface area (Å²) in [5.41, 5.74) is 2.97. The number of amides is 1. The Morgan fingerprint density at radius 1 is 1.21 bits per heavy atom. The third-order valence-electron chi connectivity index (χ3n) is 2.66. The van der Waals surface area contributed by atoms with Crippen LogP contribution in [-0.2, 0) is 11.3 Å². The number of pyridine rings is 1. The summed E-state index contributed by atoms with van der Waals surface area (Å²) in [6.45, 7) is 2.73. The fraction of sp³-hybridized carbons (Fsp3) is 0.200. The van der Waals surface area contributed by atoms with Gasteiger partial charge in [0.25, 0.3) is 0 Å². The third kappa shape index (κ3) is 4.43. The lowest BCUT2D eigenvalue weighted by atomic mass is 10.2. The molecule has 4 nitrogen and oxygen atoms in total. The fourth-order valence-electron chi connectivity index (χ4n) is 1.69. The summed E-state index contributed by atoms with van der Waals surface area (Å²) in [6.07, 6.45) is 1.71. The van der Waals surface area contributed by atoms with Crippen LogP contribution in [0.1, 0.15) is 11.3 Å². The standard InChI is InChI=1S/C15H17N3O/c1-12-5-4-7-13(9-12)17-11-15(19)18-10-14-6-2-3-8-16-14/h2-9,17H,10-11H2,1H3,(H,18,19). The van der Waals surface area contributed by atoms with Crippen molar-refractivity contribution in [3.05, 3.63) is 59.9 Å². The van der Waals surface area contributed by atoms with Crippen molar-refractivity contribution in [2.24, 2.45) is 0 Å². The minimum Gasteiger partial charge on any atom is -0.376 e. The minimum atomic E-state index is -0.0489. The Bertz CT molecular complexity index is 540. The molecular weight excluding hydrogens is 238 g/mol. The van der Waals surface area contributed by atoms with Crippen molar-refractivity contribution in [2.45, 2.75) is 13.5 Å². The SMILES string of the molecule is Cc1cccc(NCC(=O)NCc2ccccn2)c1. The molecule has 0 atom stereocenters. The van der Waals surface area contributed by atoms with E-state index >= 15 is 0 Å². The number of benzene rings is 1. The first-order chi connectivity index (χ1) is 9.24. The summed E-state index contributed by atoms with van der Waals surface area (Å²) in [4.78, 5) is 15.8. The molecule has 0 aliphatic heterocycles. The first-order valence-corrected chi connectivity index (χ1v) is 6.21. The van der Waals surface area contributed by atoms with Gasteiger partial charge >= 0.3 is 0 Å². The number of nitrogens with one attached hydrogen (secondary N) is 2. The largest absolute Gasteiger partial charge is 0.376 e. The van der Waals surface area contributed by atoms with Gasteiger partial charge in [-0.3, -0.25) is 9.78 Å². The summed E-state index contributed by atoms with van der Waals surface area (Å²) in [7, 11) is 0. The van der Waals surface area contributed by atoms with Gasteiger partial charge in [0, 0.05) is 11.9 Å². The number of carbonyl (C=O) groups is 1. The van der Waals surface area contributed by atoms with Crippen LogP contribution in [0.15, 0.2) is 48.7 Å². The van der Waals surface area contributed by atoms with Crippen molar-refractivity contribution in [2.75, 3.05) is 11.9 Å². The molecule has 1 aromatic heterocycles. The van der Waals surface area contributed by atoms with Crippen molar-refractivity contribution in [1.29, 1.82) is 0 Å². The molecule has 0 bridgehead atoms. The zero-order valence-electron chi connectivity index (χ0n) is 10.9. The normalized spacial score (nSPS) is 9.95. The molecule has 1 amide bonds. The van der Waals surface area contributed by atoms with Crippen molar-refractivity contribution in [3.8, 4) is 0 Å². The van der Waals surface area contributed by atoms with Crippen LogP contribution in [0.2, 0.25) is 0 Å². The van der Waals surface area contributed by atoms with E-state index in [9.17, 15) is 4.79 Å². The lowest BCUT2D eigenvalue weighted by Crippen LogP contribution is -2.29. The Labute approximate surface area is 112 Å². The summed E-state index contributed by atoms with van der Waals surface area (Å²) in [5, 5.41) is 5.91. The first-order valence-electron chi connectivity index (χ1n) is 6.21. The van der Waals surface area contributed by atoms with Gasteiger partial charge in [-0.2, -0.15) is 0 Å². The second-order valence-electron chi connectivity index (χ2n) is 4.32. The Kier molecular flexibility index (Phi) is 4.50. The third-order valence-corrected chi connectivity index (χ3v) is 2.66. The minimum absolute atomic E-state index is 0.0489. The van der Waals surface area contributed by atoms with Crippen LogP contribution >= 0.6 is 0 Å². The van der Waals surface area contributed by atoms with Gasteiger partial charge in [-0.1, -0.05) is 18.2 Å². The molecule has 1 heterocycles. The lowest BCUT2D eigenvalue weighted by Gasteiger charge is -2.08. The fourth-order valence-corrected chi connectivity index (χ4v) is 1.69. The molecule has 0 unspecified atom stereocenters. The van der Waals surface area contributed by atoms with E-state index in [0.29, 0.717) is 6.54 Å². The van der Waals surface area contributed by atoms with E-state index in [-0.39, 0.29) is 12.5 Å². The lowest BCUT2D eigenvalue weighted by molar-refractivity contribution is -0.119. The van der Waals surface area contributed by atoms with Crippen molar-refractivity contribution in [3.63, 3.8) is 0 Å². The van der Waals surface area contributed by atoms with Gasteiger partial charge < -0.3 is 10.6 Å². The molecule has 0 aliphatic carbocycles. The number of rotatable bonds is 5. The Morgan fingerprint density at radius 3 is 2.84 bits per heavy atom. The monoisotopic (exact) mass is 255 g/mol. The van der Waals surface area contributed by atoms with Crippen molar-refractivity contribution in [1.82, 2.24) is 10.3 Å². The second-order valence-corrected chi connectivity index (χ2v) is 4.32. The van der Waals surface area contributed by atoms with Crippen LogP contribution in [0.25, 0.3) is 0 Å². The van der Waals surface area contributed by atoms with E-state index in [1.54, 1.807) is 6.20 Å². The highest BCUT2D eigenvalue weighted by Crippen LogP contribution is 2.08. The van der Waals surface area contributed by atoms with Gasteiger partial charge in [-0.15, -0.1) is 0 Å². The van der Waals surface area contributed by atoms with Crippen LogP contribution in [0, 0.1) is 6.92 Å². The van der Waals surface area contributed by atoms with Gasteiger partial charge in [0.15, 0.2) is 0 Å². The molecule has 0 saturated carbocycles. The van der Waals surface area contributed by atoms with Gasteiger partial charge in [-0.05, 0) is 36.8 Å². The van der Waals surface area contributed by atoms with Gasteiger partial charge in [0.2, 0.25) is 5.91 Å². The summed E-state index contributed by atoms with van der Waals surface area (Å²) >= 11 is 0. The number of anilines is 1. The maximum atomic E-state index is 11.7. The summed E-state index contributed by atoms with van der Waals surface area (Å²) < 4.78 is 0. The number of aromatic nitrogens is 1. The van der Waals surface area contributed by atoms with E-state index in [1.165, 1.54) is 5.56 Å². The summed E-state index contributed by atoms with van der Waals surface area (Å²) in [5.74, 6) is -0.0489. The van der Waals surface area contributed by atoms with Gasteiger partial charge in [-0.25, -0.2) is 0 Å². The molecule has 0 saturated heterocycles. The number of carbonyl (C=O) groups excluding carboxylic acids is 1. The van der Waals surface area contributed by atoms with Crippen LogP contribution < -0.4 is 10.6 Å². The summed E-state index contributed by atoms with van der Waals surface area (Å²) in [6, 6.07) is 13.6. The Morgan fingerprint density at radius 2 is 2.11 bits per heavy atom. The maximum absolute atomic E-state index is 11.7. The number of hydrogen-bond donors (Lipinski definition) is 2. The molecule has 98 valence electrons. The molecule has 0 radical (unpaired) electrons. The van der Waals surface area contributed by atoms with Gasteiger partial charge in [0.1, 0.15) is 0 Å². The van der Waals surface area contributed by atoms with E-state index in [0.717, 1.165) is 11.4 Å². The Hall–Kier alpha value is -2.36. The van der Waals surface area contributed by atoms with Gasteiger partial charge in [0.05, 0.1) is 18.8 Å². The first kappa shape index (κ1) is 13.1. The molecule has 2 rings (SSSR count).